The maximum Gasteiger partial charge on any atom is 0.415 e. The SMILES string of the molecule is C=C(/C=C(C)\C=C\CCCN)C(F)(F)F. The summed E-state index contributed by atoms with van der Waals surface area (Å²) in [6, 6.07) is 0. The molecule has 0 spiro atoms. The third-order valence-corrected chi connectivity index (χ3v) is 1.72. The van der Waals surface area contributed by atoms with Crippen molar-refractivity contribution in [3.8, 4) is 0 Å². The van der Waals surface area contributed by atoms with Crippen LogP contribution in [0.3, 0.4) is 0 Å². The molecule has 0 aliphatic heterocycles. The highest BCUT2D eigenvalue weighted by Crippen LogP contribution is 2.25. The van der Waals surface area contributed by atoms with Crippen LogP contribution in [0.15, 0.2) is 36.0 Å². The molecule has 0 saturated carbocycles. The lowest BCUT2D eigenvalue weighted by molar-refractivity contribution is -0.0878. The molecule has 4 heteroatoms. The van der Waals surface area contributed by atoms with Crippen molar-refractivity contribution in [2.45, 2.75) is 25.9 Å². The summed E-state index contributed by atoms with van der Waals surface area (Å²) in [5.74, 6) is 0. The first kappa shape index (κ1) is 14.0. The standard InChI is InChI=1S/C11H16F3N/c1-9(6-4-3-5-7-15)8-10(2)11(12,13)14/h4,6,8H,2-3,5,7,15H2,1H3/b6-4+,9-8-. The zero-order chi connectivity index (χ0) is 11.9. The second kappa shape index (κ2) is 6.45. The number of rotatable bonds is 5. The zero-order valence-corrected chi connectivity index (χ0v) is 8.77. The summed E-state index contributed by atoms with van der Waals surface area (Å²) in [6.07, 6.45) is 1.75. The van der Waals surface area contributed by atoms with Crippen LogP contribution in [0.1, 0.15) is 19.8 Å². The van der Waals surface area contributed by atoms with Gasteiger partial charge in [-0.1, -0.05) is 24.3 Å². The number of nitrogens with two attached hydrogens (primary N) is 1. The molecule has 0 aromatic heterocycles. The second-order valence-corrected chi connectivity index (χ2v) is 3.24. The van der Waals surface area contributed by atoms with E-state index in [1.807, 2.05) is 6.08 Å². The largest absolute Gasteiger partial charge is 0.415 e. The number of hydrogen-bond donors (Lipinski definition) is 1. The van der Waals surface area contributed by atoms with E-state index in [4.69, 9.17) is 5.73 Å². The molecule has 0 atom stereocenters. The Morgan fingerprint density at radius 1 is 1.40 bits per heavy atom. The van der Waals surface area contributed by atoms with Gasteiger partial charge in [-0.25, -0.2) is 0 Å². The first-order valence-corrected chi connectivity index (χ1v) is 4.69. The van der Waals surface area contributed by atoms with E-state index in [0.717, 1.165) is 18.9 Å². The van der Waals surface area contributed by atoms with E-state index in [1.54, 1.807) is 13.0 Å². The van der Waals surface area contributed by atoms with E-state index < -0.39 is 11.7 Å². The molecule has 0 aliphatic rings. The molecular formula is C11H16F3N. The highest BCUT2D eigenvalue weighted by atomic mass is 19.4. The number of halogens is 3. The minimum Gasteiger partial charge on any atom is -0.330 e. The van der Waals surface area contributed by atoms with Crippen LogP contribution in [0.5, 0.6) is 0 Å². The molecule has 2 N–H and O–H groups in total. The van der Waals surface area contributed by atoms with Gasteiger partial charge in [-0.15, -0.1) is 0 Å². The topological polar surface area (TPSA) is 26.0 Å². The highest BCUT2D eigenvalue weighted by Gasteiger charge is 2.29. The molecule has 0 radical (unpaired) electrons. The minimum atomic E-state index is -4.34. The Morgan fingerprint density at radius 2 is 2.00 bits per heavy atom. The van der Waals surface area contributed by atoms with Crippen LogP contribution in [0.2, 0.25) is 0 Å². The Bertz CT molecular complexity index is 261. The van der Waals surface area contributed by atoms with Crippen LogP contribution in [-0.4, -0.2) is 12.7 Å². The van der Waals surface area contributed by atoms with E-state index in [0.29, 0.717) is 12.1 Å². The maximum absolute atomic E-state index is 12.1. The van der Waals surface area contributed by atoms with Crippen molar-refractivity contribution in [3.05, 3.63) is 36.0 Å². The lowest BCUT2D eigenvalue weighted by atomic mass is 10.1. The Hall–Kier alpha value is -1.03. The van der Waals surface area contributed by atoms with Gasteiger partial charge in [-0.3, -0.25) is 0 Å². The normalized spacial score (nSPS) is 13.5. The smallest absolute Gasteiger partial charge is 0.330 e. The number of alkyl halides is 3. The van der Waals surface area contributed by atoms with Crippen molar-refractivity contribution in [2.75, 3.05) is 6.54 Å². The molecule has 0 rings (SSSR count). The predicted octanol–water partition coefficient (Wildman–Crippen LogP) is 3.35. The molecule has 0 aromatic carbocycles. The average Bonchev–Trinajstić information content (AvgIpc) is 2.11. The first-order valence-electron chi connectivity index (χ1n) is 4.69. The predicted molar refractivity (Wildman–Crippen MR) is 56.4 cm³/mol. The molecule has 15 heavy (non-hydrogen) atoms. The van der Waals surface area contributed by atoms with Gasteiger partial charge in [0.15, 0.2) is 0 Å². The lowest BCUT2D eigenvalue weighted by Crippen LogP contribution is -2.08. The molecule has 0 aromatic rings. The number of allylic oxidation sites excluding steroid dienone is 5. The summed E-state index contributed by atoms with van der Waals surface area (Å²) < 4.78 is 36.2. The number of unbranched alkanes of at least 4 members (excludes halogenated alkanes) is 1. The minimum absolute atomic E-state index is 0.536. The van der Waals surface area contributed by atoms with Crippen molar-refractivity contribution >= 4 is 0 Å². The van der Waals surface area contributed by atoms with Crippen molar-refractivity contribution in [1.82, 2.24) is 0 Å². The van der Waals surface area contributed by atoms with Crippen molar-refractivity contribution in [3.63, 3.8) is 0 Å². The van der Waals surface area contributed by atoms with Gasteiger partial charge >= 0.3 is 6.18 Å². The summed E-state index contributed by atoms with van der Waals surface area (Å²) in [5, 5.41) is 0. The van der Waals surface area contributed by atoms with E-state index in [9.17, 15) is 13.2 Å². The highest BCUT2D eigenvalue weighted by molar-refractivity contribution is 5.29. The third kappa shape index (κ3) is 6.96. The van der Waals surface area contributed by atoms with Gasteiger partial charge in [-0.05, 0) is 32.4 Å². The fraction of sp³-hybridized carbons (Fsp3) is 0.455. The van der Waals surface area contributed by atoms with Crippen LogP contribution >= 0.6 is 0 Å². The van der Waals surface area contributed by atoms with Gasteiger partial charge in [0.25, 0.3) is 0 Å². The van der Waals surface area contributed by atoms with Gasteiger partial charge in [0, 0.05) is 5.57 Å². The number of hydrogen-bond acceptors (Lipinski definition) is 1. The lowest BCUT2D eigenvalue weighted by Gasteiger charge is -2.05. The van der Waals surface area contributed by atoms with Gasteiger partial charge in [-0.2, -0.15) is 13.2 Å². The first-order chi connectivity index (χ1) is 6.88. The monoisotopic (exact) mass is 219 g/mol. The molecule has 1 nitrogen and oxygen atoms in total. The molecule has 0 fully saturated rings. The average molecular weight is 219 g/mol. The molecule has 0 bridgehead atoms. The van der Waals surface area contributed by atoms with Crippen molar-refractivity contribution in [1.29, 1.82) is 0 Å². The van der Waals surface area contributed by atoms with Crippen LogP contribution in [-0.2, 0) is 0 Å². The Labute approximate surface area is 88.2 Å². The molecule has 86 valence electrons. The van der Waals surface area contributed by atoms with E-state index in [1.165, 1.54) is 0 Å². The Morgan fingerprint density at radius 3 is 2.47 bits per heavy atom. The fourth-order valence-corrected chi connectivity index (χ4v) is 0.910. The molecule has 0 heterocycles. The summed E-state index contributed by atoms with van der Waals surface area (Å²) >= 11 is 0. The summed E-state index contributed by atoms with van der Waals surface area (Å²) in [6.45, 7) is 5.15. The van der Waals surface area contributed by atoms with Crippen LogP contribution < -0.4 is 5.73 Å². The van der Waals surface area contributed by atoms with Gasteiger partial charge in [0.2, 0.25) is 0 Å². The zero-order valence-electron chi connectivity index (χ0n) is 8.77. The molecule has 0 saturated heterocycles. The van der Waals surface area contributed by atoms with E-state index in [2.05, 4.69) is 6.58 Å². The van der Waals surface area contributed by atoms with Gasteiger partial charge < -0.3 is 5.73 Å². The van der Waals surface area contributed by atoms with Gasteiger partial charge in [0.1, 0.15) is 0 Å². The Balaban J connectivity index is 4.20. The summed E-state index contributed by atoms with van der Waals surface area (Å²) in [7, 11) is 0. The third-order valence-electron chi connectivity index (χ3n) is 1.72. The van der Waals surface area contributed by atoms with Crippen molar-refractivity contribution in [2.24, 2.45) is 5.73 Å². The van der Waals surface area contributed by atoms with Crippen LogP contribution in [0.4, 0.5) is 13.2 Å². The van der Waals surface area contributed by atoms with E-state index >= 15 is 0 Å². The van der Waals surface area contributed by atoms with Crippen molar-refractivity contribution < 1.29 is 13.2 Å². The molecule has 0 aliphatic carbocycles. The quantitative estimate of drug-likeness (QED) is 0.557. The van der Waals surface area contributed by atoms with Crippen LogP contribution in [0, 0.1) is 0 Å². The molecule has 0 unspecified atom stereocenters. The maximum atomic E-state index is 12.1. The second-order valence-electron chi connectivity index (χ2n) is 3.24. The van der Waals surface area contributed by atoms with E-state index in [-0.39, 0.29) is 0 Å². The molecule has 0 amide bonds. The summed E-state index contributed by atoms with van der Waals surface area (Å²) in [5.41, 5.74) is 4.98. The van der Waals surface area contributed by atoms with Gasteiger partial charge in [0.05, 0.1) is 0 Å². The Kier molecular flexibility index (Phi) is 6.01. The fourth-order valence-electron chi connectivity index (χ4n) is 0.910. The van der Waals surface area contributed by atoms with Crippen LogP contribution in [0.25, 0.3) is 0 Å². The summed E-state index contributed by atoms with van der Waals surface area (Å²) in [4.78, 5) is 0. The molecular weight excluding hydrogens is 203 g/mol.